The Morgan fingerprint density at radius 3 is 1.91 bits per heavy atom. The van der Waals surface area contributed by atoms with Crippen LogP contribution >= 0.6 is 23.5 Å². The Hall–Kier alpha value is 0.440. The summed E-state index contributed by atoms with van der Waals surface area (Å²) in [6.45, 7) is 19.1. The summed E-state index contributed by atoms with van der Waals surface area (Å²) in [5.41, 5.74) is 2.59. The van der Waals surface area contributed by atoms with Gasteiger partial charge in [-0.05, 0) is 47.5 Å². The van der Waals surface area contributed by atoms with E-state index < -0.39 is 0 Å². The highest BCUT2D eigenvalue weighted by Gasteiger charge is 2.27. The quantitative estimate of drug-likeness (QED) is 0.466. The molecule has 0 aromatic heterocycles. The minimum atomic E-state index is 0.420. The SMILES string of the molecule is C[C@@H](C/C=C(/C1SCCS1)[C@@H](C)CC(C)(C)C)CC(C)(C)C. The molecule has 0 aliphatic carbocycles. The summed E-state index contributed by atoms with van der Waals surface area (Å²) in [4.78, 5) is 0. The van der Waals surface area contributed by atoms with Gasteiger partial charge in [0.25, 0.3) is 0 Å². The first-order chi connectivity index (χ1) is 9.98. The summed E-state index contributed by atoms with van der Waals surface area (Å²) < 4.78 is 0.721. The summed E-state index contributed by atoms with van der Waals surface area (Å²) in [6.07, 6.45) is 6.47. The minimum absolute atomic E-state index is 0.420. The minimum Gasteiger partial charge on any atom is -0.142 e. The normalized spacial score (nSPS) is 21.2. The molecule has 22 heavy (non-hydrogen) atoms. The molecule has 1 aliphatic heterocycles. The van der Waals surface area contributed by atoms with Gasteiger partial charge >= 0.3 is 0 Å². The van der Waals surface area contributed by atoms with Crippen LogP contribution < -0.4 is 0 Å². The number of hydrogen-bond acceptors (Lipinski definition) is 2. The molecule has 0 aromatic carbocycles. The largest absolute Gasteiger partial charge is 0.142 e. The zero-order valence-corrected chi connectivity index (χ0v) is 17.8. The van der Waals surface area contributed by atoms with Gasteiger partial charge in [-0.1, -0.05) is 61.5 Å². The van der Waals surface area contributed by atoms with Gasteiger partial charge in [-0.25, -0.2) is 0 Å². The highest BCUT2D eigenvalue weighted by atomic mass is 32.2. The van der Waals surface area contributed by atoms with E-state index in [1.165, 1.54) is 30.8 Å². The second-order valence-electron chi connectivity index (χ2n) is 9.55. The molecule has 1 fully saturated rings. The Bertz CT molecular complexity index is 351. The molecule has 1 rings (SSSR count). The smallest absolute Gasteiger partial charge is 0.0714 e. The molecule has 1 heterocycles. The molecule has 0 unspecified atom stereocenters. The van der Waals surface area contributed by atoms with Crippen LogP contribution in [0.3, 0.4) is 0 Å². The van der Waals surface area contributed by atoms with Gasteiger partial charge < -0.3 is 0 Å². The number of rotatable bonds is 6. The van der Waals surface area contributed by atoms with Crippen LogP contribution in [-0.4, -0.2) is 16.1 Å². The van der Waals surface area contributed by atoms with Gasteiger partial charge in [-0.3, -0.25) is 0 Å². The maximum atomic E-state index is 2.61. The lowest BCUT2D eigenvalue weighted by Gasteiger charge is -2.28. The van der Waals surface area contributed by atoms with Crippen LogP contribution in [0, 0.1) is 22.7 Å². The van der Waals surface area contributed by atoms with Crippen LogP contribution in [0.5, 0.6) is 0 Å². The zero-order chi connectivity index (χ0) is 17.0. The average molecular weight is 343 g/mol. The van der Waals surface area contributed by atoms with E-state index in [2.05, 4.69) is 85.0 Å². The summed E-state index contributed by atoms with van der Waals surface area (Å²) in [6, 6.07) is 0. The highest BCUT2D eigenvalue weighted by molar-refractivity contribution is 8.20. The maximum Gasteiger partial charge on any atom is 0.0714 e. The molecular formula is C20H38S2. The van der Waals surface area contributed by atoms with Crippen LogP contribution in [0.15, 0.2) is 11.6 Å². The van der Waals surface area contributed by atoms with Crippen LogP contribution in [0.2, 0.25) is 0 Å². The first-order valence-electron chi connectivity index (χ1n) is 8.91. The van der Waals surface area contributed by atoms with E-state index >= 15 is 0 Å². The third kappa shape index (κ3) is 8.34. The maximum absolute atomic E-state index is 2.61. The van der Waals surface area contributed by atoms with Crippen LogP contribution in [0.4, 0.5) is 0 Å². The highest BCUT2D eigenvalue weighted by Crippen LogP contribution is 2.43. The molecule has 0 radical (unpaired) electrons. The van der Waals surface area contributed by atoms with E-state index in [-0.39, 0.29) is 0 Å². The fourth-order valence-corrected chi connectivity index (χ4v) is 6.79. The van der Waals surface area contributed by atoms with Crippen molar-refractivity contribution in [3.63, 3.8) is 0 Å². The molecule has 130 valence electrons. The van der Waals surface area contributed by atoms with Gasteiger partial charge in [0.05, 0.1) is 4.58 Å². The standard InChI is InChI=1S/C20H38S2/c1-15(13-19(3,4)5)9-10-17(18-21-11-12-22-18)16(2)14-20(6,7)8/h10,15-16,18H,9,11-14H2,1-8H3/b17-10+/t15-,16-/m0/s1. The third-order valence-corrected chi connectivity index (χ3v) is 7.20. The number of thioether (sulfide) groups is 2. The van der Waals surface area contributed by atoms with E-state index in [0.29, 0.717) is 16.7 Å². The van der Waals surface area contributed by atoms with E-state index in [0.717, 1.165) is 10.5 Å². The Balaban J connectivity index is 2.74. The van der Waals surface area contributed by atoms with Gasteiger partial charge in [0.2, 0.25) is 0 Å². The Labute approximate surface area is 148 Å². The van der Waals surface area contributed by atoms with Gasteiger partial charge in [0.15, 0.2) is 0 Å². The Morgan fingerprint density at radius 1 is 0.955 bits per heavy atom. The van der Waals surface area contributed by atoms with Crippen molar-refractivity contribution in [3.8, 4) is 0 Å². The Morgan fingerprint density at radius 2 is 1.45 bits per heavy atom. The Kier molecular flexibility index (Phi) is 7.93. The van der Waals surface area contributed by atoms with Crippen molar-refractivity contribution in [3.05, 3.63) is 11.6 Å². The number of hydrogen-bond donors (Lipinski definition) is 0. The first-order valence-corrected chi connectivity index (χ1v) is 11.0. The van der Waals surface area contributed by atoms with E-state index in [1.54, 1.807) is 5.57 Å². The van der Waals surface area contributed by atoms with Crippen LogP contribution in [-0.2, 0) is 0 Å². The topological polar surface area (TPSA) is 0 Å². The second kappa shape index (κ2) is 8.51. The van der Waals surface area contributed by atoms with Gasteiger partial charge in [-0.2, -0.15) is 0 Å². The van der Waals surface area contributed by atoms with E-state index in [1.807, 2.05) is 0 Å². The molecule has 0 saturated carbocycles. The average Bonchev–Trinajstić information content (AvgIpc) is 2.77. The molecule has 0 aromatic rings. The zero-order valence-electron chi connectivity index (χ0n) is 16.2. The lowest BCUT2D eigenvalue weighted by atomic mass is 9.81. The molecule has 0 bridgehead atoms. The van der Waals surface area contributed by atoms with Crippen molar-refractivity contribution in [1.82, 2.24) is 0 Å². The predicted molar refractivity (Wildman–Crippen MR) is 108 cm³/mol. The van der Waals surface area contributed by atoms with E-state index in [4.69, 9.17) is 0 Å². The van der Waals surface area contributed by atoms with Crippen molar-refractivity contribution in [2.24, 2.45) is 22.7 Å². The van der Waals surface area contributed by atoms with Crippen LogP contribution in [0.1, 0.15) is 74.7 Å². The first kappa shape index (κ1) is 20.5. The fraction of sp³-hybridized carbons (Fsp3) is 0.900. The molecule has 1 aliphatic rings. The third-order valence-electron chi connectivity index (χ3n) is 4.10. The summed E-state index contributed by atoms with van der Waals surface area (Å²) in [5, 5.41) is 0. The van der Waals surface area contributed by atoms with Crippen molar-refractivity contribution in [1.29, 1.82) is 0 Å². The summed E-state index contributed by atoms with van der Waals surface area (Å²) in [7, 11) is 0. The molecule has 0 N–H and O–H groups in total. The van der Waals surface area contributed by atoms with E-state index in [9.17, 15) is 0 Å². The van der Waals surface area contributed by atoms with Gasteiger partial charge in [0.1, 0.15) is 0 Å². The fourth-order valence-electron chi connectivity index (χ4n) is 3.58. The molecule has 1 saturated heterocycles. The molecule has 0 nitrogen and oxygen atoms in total. The van der Waals surface area contributed by atoms with Crippen molar-refractivity contribution >= 4 is 23.5 Å². The molecule has 0 amide bonds. The summed E-state index contributed by atoms with van der Waals surface area (Å²) >= 11 is 4.33. The van der Waals surface area contributed by atoms with Gasteiger partial charge in [0, 0.05) is 11.5 Å². The molecule has 2 atom stereocenters. The van der Waals surface area contributed by atoms with Crippen molar-refractivity contribution in [2.45, 2.75) is 79.2 Å². The lowest BCUT2D eigenvalue weighted by molar-refractivity contribution is 0.306. The van der Waals surface area contributed by atoms with Gasteiger partial charge in [-0.15, -0.1) is 23.5 Å². The summed E-state index contributed by atoms with van der Waals surface area (Å²) in [5.74, 6) is 4.15. The van der Waals surface area contributed by atoms with Crippen LogP contribution in [0.25, 0.3) is 0 Å². The monoisotopic (exact) mass is 342 g/mol. The molecular weight excluding hydrogens is 304 g/mol. The molecule has 2 heteroatoms. The number of allylic oxidation sites excluding steroid dienone is 1. The predicted octanol–water partition coefficient (Wildman–Crippen LogP) is 7.25. The second-order valence-corrected chi connectivity index (χ2v) is 12.3. The van der Waals surface area contributed by atoms with Crippen molar-refractivity contribution < 1.29 is 0 Å². The van der Waals surface area contributed by atoms with Crippen molar-refractivity contribution in [2.75, 3.05) is 11.5 Å². The molecule has 0 spiro atoms. The lowest BCUT2D eigenvalue weighted by Crippen LogP contribution is -2.17.